The van der Waals surface area contributed by atoms with Crippen molar-refractivity contribution in [2.75, 3.05) is 5.73 Å². The van der Waals surface area contributed by atoms with Gasteiger partial charge in [0.15, 0.2) is 0 Å². The van der Waals surface area contributed by atoms with Crippen LogP contribution in [0.4, 0.5) is 5.82 Å². The Balaban J connectivity index is 2.18. The first-order chi connectivity index (χ1) is 8.22. The van der Waals surface area contributed by atoms with Gasteiger partial charge in [-0.3, -0.25) is 9.67 Å². The molecule has 0 saturated heterocycles. The van der Waals surface area contributed by atoms with Crippen molar-refractivity contribution < 1.29 is 0 Å². The molecule has 0 aliphatic rings. The van der Waals surface area contributed by atoms with Gasteiger partial charge in [0.1, 0.15) is 5.82 Å². The zero-order valence-electron chi connectivity index (χ0n) is 9.33. The molecule has 0 bridgehead atoms. The van der Waals surface area contributed by atoms with Crippen molar-refractivity contribution >= 4 is 16.9 Å². The lowest BCUT2D eigenvalue weighted by atomic mass is 10.1. The third-order valence-corrected chi connectivity index (χ3v) is 2.60. The summed E-state index contributed by atoms with van der Waals surface area (Å²) in [6.07, 6.45) is 5.34. The molecule has 5 heteroatoms. The minimum atomic E-state index is 0.431. The van der Waals surface area contributed by atoms with E-state index in [1.807, 2.05) is 37.6 Å². The van der Waals surface area contributed by atoms with Crippen LogP contribution in [0.1, 0.15) is 0 Å². The fourth-order valence-electron chi connectivity index (χ4n) is 1.78. The minimum absolute atomic E-state index is 0.431. The van der Waals surface area contributed by atoms with Crippen LogP contribution in [0.15, 0.2) is 36.8 Å². The molecule has 3 aromatic rings. The number of nitrogens with zero attached hydrogens (tertiary/aromatic N) is 4. The van der Waals surface area contributed by atoms with Crippen LogP contribution in [-0.4, -0.2) is 19.7 Å². The van der Waals surface area contributed by atoms with Crippen LogP contribution < -0.4 is 5.73 Å². The van der Waals surface area contributed by atoms with Gasteiger partial charge in [0.05, 0.1) is 23.4 Å². The van der Waals surface area contributed by atoms with E-state index in [-0.39, 0.29) is 0 Å². The standard InChI is InChI=1S/C12H11N5/c1-17-7-9(5-15-17)8-2-3-10-11(4-8)16-12(13)6-14-10/h2-7H,1H3,(H2,13,16). The molecule has 0 unspecified atom stereocenters. The number of aromatic nitrogens is 4. The van der Waals surface area contributed by atoms with Gasteiger partial charge in [-0.25, -0.2) is 4.98 Å². The number of hydrogen-bond donors (Lipinski definition) is 1. The van der Waals surface area contributed by atoms with Crippen LogP contribution >= 0.6 is 0 Å². The average Bonchev–Trinajstić information content (AvgIpc) is 2.75. The SMILES string of the molecule is Cn1cc(-c2ccc3ncc(N)nc3c2)cn1. The molecule has 2 N–H and O–H groups in total. The molecule has 2 heterocycles. The summed E-state index contributed by atoms with van der Waals surface area (Å²) in [5, 5.41) is 4.15. The van der Waals surface area contributed by atoms with Crippen molar-refractivity contribution in [2.24, 2.45) is 7.05 Å². The highest BCUT2D eigenvalue weighted by atomic mass is 15.2. The average molecular weight is 225 g/mol. The Kier molecular flexibility index (Phi) is 2.04. The molecule has 0 amide bonds. The normalized spacial score (nSPS) is 10.9. The molecule has 3 rings (SSSR count). The van der Waals surface area contributed by atoms with Gasteiger partial charge in [-0.15, -0.1) is 0 Å². The van der Waals surface area contributed by atoms with Crippen molar-refractivity contribution in [3.63, 3.8) is 0 Å². The Labute approximate surface area is 97.9 Å². The predicted molar refractivity (Wildman–Crippen MR) is 66.2 cm³/mol. The predicted octanol–water partition coefficient (Wildman–Crippen LogP) is 1.61. The van der Waals surface area contributed by atoms with Crippen molar-refractivity contribution in [3.8, 4) is 11.1 Å². The molecule has 0 saturated carbocycles. The van der Waals surface area contributed by atoms with E-state index in [0.29, 0.717) is 5.82 Å². The highest BCUT2D eigenvalue weighted by Gasteiger charge is 2.03. The second-order valence-corrected chi connectivity index (χ2v) is 3.90. The first-order valence-corrected chi connectivity index (χ1v) is 5.24. The molecular formula is C12H11N5. The van der Waals surface area contributed by atoms with Crippen molar-refractivity contribution in [1.82, 2.24) is 19.7 Å². The summed E-state index contributed by atoms with van der Waals surface area (Å²) in [6, 6.07) is 5.91. The van der Waals surface area contributed by atoms with Gasteiger partial charge in [0.25, 0.3) is 0 Å². The quantitative estimate of drug-likeness (QED) is 0.683. The second-order valence-electron chi connectivity index (χ2n) is 3.90. The van der Waals surface area contributed by atoms with Crippen molar-refractivity contribution in [2.45, 2.75) is 0 Å². The number of fused-ring (bicyclic) bond motifs is 1. The smallest absolute Gasteiger partial charge is 0.142 e. The number of nitrogens with two attached hydrogens (primary N) is 1. The molecule has 0 spiro atoms. The number of hydrogen-bond acceptors (Lipinski definition) is 4. The van der Waals surface area contributed by atoms with Crippen LogP contribution in [0, 0.1) is 0 Å². The third kappa shape index (κ3) is 1.71. The first-order valence-electron chi connectivity index (χ1n) is 5.24. The van der Waals surface area contributed by atoms with Crippen molar-refractivity contribution in [1.29, 1.82) is 0 Å². The zero-order chi connectivity index (χ0) is 11.8. The van der Waals surface area contributed by atoms with E-state index >= 15 is 0 Å². The summed E-state index contributed by atoms with van der Waals surface area (Å²) in [7, 11) is 1.89. The number of aryl methyl sites for hydroxylation is 1. The van der Waals surface area contributed by atoms with Crippen molar-refractivity contribution in [3.05, 3.63) is 36.8 Å². The summed E-state index contributed by atoms with van der Waals surface area (Å²) < 4.78 is 1.77. The summed E-state index contributed by atoms with van der Waals surface area (Å²) in [6.45, 7) is 0. The lowest BCUT2D eigenvalue weighted by Gasteiger charge is -2.01. The van der Waals surface area contributed by atoms with E-state index in [1.54, 1.807) is 10.9 Å². The van der Waals surface area contributed by atoms with Crippen LogP contribution in [0.25, 0.3) is 22.2 Å². The van der Waals surface area contributed by atoms with Crippen LogP contribution in [-0.2, 0) is 7.05 Å². The highest BCUT2D eigenvalue weighted by molar-refractivity contribution is 5.81. The maximum atomic E-state index is 5.63. The fraction of sp³-hybridized carbons (Fsp3) is 0.0833. The highest BCUT2D eigenvalue weighted by Crippen LogP contribution is 2.22. The molecule has 2 aromatic heterocycles. The van der Waals surface area contributed by atoms with Crippen LogP contribution in [0.3, 0.4) is 0 Å². The Morgan fingerprint density at radius 1 is 1.12 bits per heavy atom. The van der Waals surface area contributed by atoms with E-state index in [4.69, 9.17) is 5.73 Å². The number of anilines is 1. The maximum Gasteiger partial charge on any atom is 0.142 e. The molecule has 84 valence electrons. The second kappa shape index (κ2) is 3.55. The molecular weight excluding hydrogens is 214 g/mol. The number of nitrogen functional groups attached to an aromatic ring is 1. The molecule has 0 aliphatic heterocycles. The van der Waals surface area contributed by atoms with E-state index in [2.05, 4.69) is 15.1 Å². The summed E-state index contributed by atoms with van der Waals surface area (Å²) in [5.41, 5.74) is 9.38. The van der Waals surface area contributed by atoms with E-state index in [1.165, 1.54) is 0 Å². The van der Waals surface area contributed by atoms with E-state index in [0.717, 1.165) is 22.2 Å². The number of rotatable bonds is 1. The minimum Gasteiger partial charge on any atom is -0.382 e. The Hall–Kier alpha value is -2.43. The fourth-order valence-corrected chi connectivity index (χ4v) is 1.78. The Bertz CT molecular complexity index is 686. The molecule has 0 atom stereocenters. The topological polar surface area (TPSA) is 69.6 Å². The Morgan fingerprint density at radius 2 is 2.00 bits per heavy atom. The summed E-state index contributed by atoms with van der Waals surface area (Å²) in [5.74, 6) is 0.431. The molecule has 0 radical (unpaired) electrons. The molecule has 17 heavy (non-hydrogen) atoms. The van der Waals surface area contributed by atoms with Crippen LogP contribution in [0.5, 0.6) is 0 Å². The van der Waals surface area contributed by atoms with Gasteiger partial charge in [-0.1, -0.05) is 6.07 Å². The number of benzene rings is 1. The zero-order valence-corrected chi connectivity index (χ0v) is 9.33. The monoisotopic (exact) mass is 225 g/mol. The lowest BCUT2D eigenvalue weighted by Crippen LogP contribution is -1.92. The van der Waals surface area contributed by atoms with Gasteiger partial charge in [-0.2, -0.15) is 5.10 Å². The summed E-state index contributed by atoms with van der Waals surface area (Å²) in [4.78, 5) is 8.47. The molecule has 0 aliphatic carbocycles. The first kappa shape index (κ1) is 9.77. The third-order valence-electron chi connectivity index (χ3n) is 2.60. The van der Waals surface area contributed by atoms with Gasteiger partial charge >= 0.3 is 0 Å². The van der Waals surface area contributed by atoms with Gasteiger partial charge in [0.2, 0.25) is 0 Å². The largest absolute Gasteiger partial charge is 0.382 e. The van der Waals surface area contributed by atoms with Gasteiger partial charge < -0.3 is 5.73 Å². The molecule has 5 nitrogen and oxygen atoms in total. The van der Waals surface area contributed by atoms with E-state index in [9.17, 15) is 0 Å². The van der Waals surface area contributed by atoms with Gasteiger partial charge in [0, 0.05) is 18.8 Å². The maximum absolute atomic E-state index is 5.63. The van der Waals surface area contributed by atoms with Gasteiger partial charge in [-0.05, 0) is 17.7 Å². The Morgan fingerprint density at radius 3 is 2.76 bits per heavy atom. The summed E-state index contributed by atoms with van der Waals surface area (Å²) >= 11 is 0. The van der Waals surface area contributed by atoms with Crippen LogP contribution in [0.2, 0.25) is 0 Å². The molecule has 1 aromatic carbocycles. The lowest BCUT2D eigenvalue weighted by molar-refractivity contribution is 0.768. The van der Waals surface area contributed by atoms with E-state index < -0.39 is 0 Å². The molecule has 0 fully saturated rings.